The van der Waals surface area contributed by atoms with Crippen molar-refractivity contribution in [3.05, 3.63) is 11.9 Å². The lowest BCUT2D eigenvalue weighted by atomic mass is 10.2. The number of rotatable bonds is 7. The molecule has 1 aromatic heterocycles. The van der Waals surface area contributed by atoms with Crippen molar-refractivity contribution < 1.29 is 9.47 Å². The Kier molecular flexibility index (Phi) is 5.39. The number of hydrogen-bond acceptors (Lipinski definition) is 5. The van der Waals surface area contributed by atoms with E-state index in [1.54, 1.807) is 0 Å². The van der Waals surface area contributed by atoms with E-state index in [0.717, 1.165) is 50.5 Å². The van der Waals surface area contributed by atoms with Crippen molar-refractivity contribution in [1.29, 1.82) is 0 Å². The highest BCUT2D eigenvalue weighted by atomic mass is 16.5. The maximum Gasteiger partial charge on any atom is 0.218 e. The van der Waals surface area contributed by atoms with Gasteiger partial charge in [-0.15, -0.1) is 0 Å². The zero-order valence-electron chi connectivity index (χ0n) is 11.8. The van der Waals surface area contributed by atoms with Gasteiger partial charge < -0.3 is 14.8 Å². The molecule has 0 spiro atoms. The standard InChI is InChI=1S/C14H23N3O2/c1-3-7-19-14-9-13(16-12(4-2)17-14)15-10-11-6-5-8-18-11/h9,11H,3-8,10H2,1-2H3,(H,15,16,17). The molecule has 0 aromatic carbocycles. The number of aromatic nitrogens is 2. The van der Waals surface area contributed by atoms with Gasteiger partial charge in [-0.3, -0.25) is 0 Å². The molecule has 1 atom stereocenters. The van der Waals surface area contributed by atoms with Crippen molar-refractivity contribution in [3.8, 4) is 5.88 Å². The Hall–Kier alpha value is -1.36. The second-order valence-corrected chi connectivity index (χ2v) is 4.73. The zero-order valence-corrected chi connectivity index (χ0v) is 11.8. The second kappa shape index (κ2) is 7.28. The van der Waals surface area contributed by atoms with Gasteiger partial charge in [0.05, 0.1) is 12.7 Å². The Bertz CT molecular complexity index is 392. The van der Waals surface area contributed by atoms with E-state index < -0.39 is 0 Å². The zero-order chi connectivity index (χ0) is 13.5. The second-order valence-electron chi connectivity index (χ2n) is 4.73. The molecule has 19 heavy (non-hydrogen) atoms. The van der Waals surface area contributed by atoms with E-state index in [2.05, 4.69) is 22.2 Å². The summed E-state index contributed by atoms with van der Waals surface area (Å²) in [5.74, 6) is 2.29. The summed E-state index contributed by atoms with van der Waals surface area (Å²) in [7, 11) is 0. The first-order chi connectivity index (χ1) is 9.31. The Morgan fingerprint density at radius 1 is 1.42 bits per heavy atom. The highest BCUT2D eigenvalue weighted by Gasteiger charge is 2.15. The van der Waals surface area contributed by atoms with Crippen LogP contribution in [-0.4, -0.2) is 35.8 Å². The molecule has 106 valence electrons. The highest BCUT2D eigenvalue weighted by molar-refractivity contribution is 5.38. The lowest BCUT2D eigenvalue weighted by molar-refractivity contribution is 0.120. The van der Waals surface area contributed by atoms with Gasteiger partial charge in [-0.2, -0.15) is 4.98 Å². The first-order valence-corrected chi connectivity index (χ1v) is 7.18. The van der Waals surface area contributed by atoms with Crippen LogP contribution in [-0.2, 0) is 11.2 Å². The van der Waals surface area contributed by atoms with Gasteiger partial charge in [-0.05, 0) is 19.3 Å². The SMILES string of the molecule is CCCOc1cc(NCC2CCCO2)nc(CC)n1. The summed E-state index contributed by atoms with van der Waals surface area (Å²) in [5, 5.41) is 3.32. The van der Waals surface area contributed by atoms with Gasteiger partial charge in [0.25, 0.3) is 0 Å². The molecule has 0 saturated carbocycles. The van der Waals surface area contributed by atoms with Gasteiger partial charge in [0.1, 0.15) is 11.6 Å². The van der Waals surface area contributed by atoms with Crippen LogP contribution in [0, 0.1) is 0 Å². The van der Waals surface area contributed by atoms with Crippen LogP contribution in [0.4, 0.5) is 5.82 Å². The van der Waals surface area contributed by atoms with Crippen LogP contribution < -0.4 is 10.1 Å². The molecule has 1 saturated heterocycles. The van der Waals surface area contributed by atoms with E-state index >= 15 is 0 Å². The van der Waals surface area contributed by atoms with Crippen molar-refractivity contribution in [2.75, 3.05) is 25.1 Å². The summed E-state index contributed by atoms with van der Waals surface area (Å²) < 4.78 is 11.2. The minimum Gasteiger partial charge on any atom is -0.478 e. The van der Waals surface area contributed by atoms with Crippen molar-refractivity contribution in [2.24, 2.45) is 0 Å². The normalized spacial score (nSPS) is 18.5. The third-order valence-corrected chi connectivity index (χ3v) is 3.05. The van der Waals surface area contributed by atoms with Crippen molar-refractivity contribution in [3.63, 3.8) is 0 Å². The van der Waals surface area contributed by atoms with Crippen LogP contribution >= 0.6 is 0 Å². The first-order valence-electron chi connectivity index (χ1n) is 7.18. The average Bonchev–Trinajstić information content (AvgIpc) is 2.96. The average molecular weight is 265 g/mol. The topological polar surface area (TPSA) is 56.3 Å². The summed E-state index contributed by atoms with van der Waals surface area (Å²) in [6.45, 7) is 6.49. The summed E-state index contributed by atoms with van der Waals surface area (Å²) in [4.78, 5) is 8.83. The third kappa shape index (κ3) is 4.35. The number of nitrogens with one attached hydrogen (secondary N) is 1. The van der Waals surface area contributed by atoms with E-state index in [4.69, 9.17) is 9.47 Å². The molecule has 2 rings (SSSR count). The van der Waals surface area contributed by atoms with Gasteiger partial charge in [-0.25, -0.2) is 4.98 Å². The number of nitrogens with zero attached hydrogens (tertiary/aromatic N) is 2. The molecule has 0 radical (unpaired) electrons. The monoisotopic (exact) mass is 265 g/mol. The van der Waals surface area contributed by atoms with Crippen LogP contribution in [0.1, 0.15) is 38.9 Å². The molecule has 0 aliphatic carbocycles. The quantitative estimate of drug-likeness (QED) is 0.820. The lowest BCUT2D eigenvalue weighted by Gasteiger charge is -2.13. The largest absolute Gasteiger partial charge is 0.478 e. The predicted octanol–water partition coefficient (Wildman–Crippen LogP) is 2.42. The van der Waals surface area contributed by atoms with E-state index in [0.29, 0.717) is 18.6 Å². The number of hydrogen-bond donors (Lipinski definition) is 1. The number of ether oxygens (including phenoxy) is 2. The van der Waals surface area contributed by atoms with E-state index in [1.807, 2.05) is 13.0 Å². The number of anilines is 1. The molecule has 1 N–H and O–H groups in total. The van der Waals surface area contributed by atoms with Crippen molar-refractivity contribution in [2.45, 2.75) is 45.6 Å². The third-order valence-electron chi connectivity index (χ3n) is 3.05. The molecule has 1 aromatic rings. The molecule has 5 heteroatoms. The summed E-state index contributed by atoms with van der Waals surface area (Å²) in [6, 6.07) is 1.86. The fourth-order valence-electron chi connectivity index (χ4n) is 2.03. The Balaban J connectivity index is 1.96. The van der Waals surface area contributed by atoms with Gasteiger partial charge in [0.2, 0.25) is 5.88 Å². The molecular formula is C14H23N3O2. The van der Waals surface area contributed by atoms with E-state index in [-0.39, 0.29) is 0 Å². The Morgan fingerprint density at radius 3 is 3.00 bits per heavy atom. The Morgan fingerprint density at radius 2 is 2.32 bits per heavy atom. The molecule has 1 aliphatic heterocycles. The molecular weight excluding hydrogens is 242 g/mol. The first kappa shape index (κ1) is 14.1. The predicted molar refractivity (Wildman–Crippen MR) is 74.7 cm³/mol. The maximum atomic E-state index is 5.59. The van der Waals surface area contributed by atoms with Gasteiger partial charge >= 0.3 is 0 Å². The molecule has 0 bridgehead atoms. The fraction of sp³-hybridized carbons (Fsp3) is 0.714. The molecule has 5 nitrogen and oxygen atoms in total. The van der Waals surface area contributed by atoms with Crippen LogP contribution in [0.25, 0.3) is 0 Å². The van der Waals surface area contributed by atoms with E-state index in [9.17, 15) is 0 Å². The Labute approximate surface area is 114 Å². The minimum atomic E-state index is 0.306. The van der Waals surface area contributed by atoms with Gasteiger partial charge in [-0.1, -0.05) is 13.8 Å². The highest BCUT2D eigenvalue weighted by Crippen LogP contribution is 2.16. The van der Waals surface area contributed by atoms with Crippen LogP contribution in [0.3, 0.4) is 0 Å². The van der Waals surface area contributed by atoms with Crippen LogP contribution in [0.5, 0.6) is 5.88 Å². The molecule has 1 aliphatic rings. The lowest BCUT2D eigenvalue weighted by Crippen LogP contribution is -2.19. The van der Waals surface area contributed by atoms with Crippen LogP contribution in [0.15, 0.2) is 6.07 Å². The molecule has 0 amide bonds. The van der Waals surface area contributed by atoms with Gasteiger partial charge in [0.15, 0.2) is 0 Å². The van der Waals surface area contributed by atoms with Crippen LogP contribution in [0.2, 0.25) is 0 Å². The molecule has 1 fully saturated rings. The fourth-order valence-corrected chi connectivity index (χ4v) is 2.03. The summed E-state index contributed by atoms with van der Waals surface area (Å²) in [5.41, 5.74) is 0. The smallest absolute Gasteiger partial charge is 0.218 e. The van der Waals surface area contributed by atoms with Crippen molar-refractivity contribution in [1.82, 2.24) is 9.97 Å². The minimum absolute atomic E-state index is 0.306. The summed E-state index contributed by atoms with van der Waals surface area (Å²) >= 11 is 0. The summed E-state index contributed by atoms with van der Waals surface area (Å²) in [6.07, 6.45) is 4.36. The van der Waals surface area contributed by atoms with E-state index in [1.165, 1.54) is 0 Å². The van der Waals surface area contributed by atoms with Gasteiger partial charge in [0, 0.05) is 25.6 Å². The maximum absolute atomic E-state index is 5.59. The van der Waals surface area contributed by atoms with Crippen molar-refractivity contribution >= 4 is 5.82 Å². The molecule has 2 heterocycles. The molecule has 1 unspecified atom stereocenters. The number of aryl methyl sites for hydroxylation is 1.